The van der Waals surface area contributed by atoms with Crippen LogP contribution in [-0.2, 0) is 6.54 Å². The molecule has 190 valence electrons. The summed E-state index contributed by atoms with van der Waals surface area (Å²) in [6.45, 7) is 6.55. The van der Waals surface area contributed by atoms with Gasteiger partial charge >= 0.3 is 0 Å². The lowest BCUT2D eigenvalue weighted by molar-refractivity contribution is 0.495. The number of hydrogen-bond donors (Lipinski definition) is 2. The second-order valence-corrected chi connectivity index (χ2v) is 10.4. The zero-order chi connectivity index (χ0) is 25.5. The lowest BCUT2D eigenvalue weighted by atomic mass is 10.1. The largest absolute Gasteiger partial charge is 0.350 e. The predicted octanol–water partition coefficient (Wildman–Crippen LogP) is 4.78. The highest BCUT2D eigenvalue weighted by Crippen LogP contribution is 2.26. The molecule has 0 spiro atoms. The third-order valence-corrected chi connectivity index (χ3v) is 7.20. The minimum Gasteiger partial charge on any atom is -0.350 e. The van der Waals surface area contributed by atoms with E-state index in [9.17, 15) is 0 Å². The van der Waals surface area contributed by atoms with Crippen molar-refractivity contribution in [2.24, 2.45) is 5.73 Å². The Morgan fingerprint density at radius 3 is 2.73 bits per heavy atom. The zero-order valence-electron chi connectivity index (χ0n) is 21.0. The summed E-state index contributed by atoms with van der Waals surface area (Å²) in [5.41, 5.74) is 11.0. The number of nitrogens with zero attached hydrogens (tertiary/aromatic N) is 7. The molecular weight excluding hydrogens is 486 g/mol. The number of benzene rings is 2. The monoisotopic (exact) mass is 515 g/mol. The second-order valence-electron chi connectivity index (χ2n) is 9.92. The van der Waals surface area contributed by atoms with Gasteiger partial charge in [-0.15, -0.1) is 0 Å². The average molecular weight is 516 g/mol. The van der Waals surface area contributed by atoms with Crippen LogP contribution in [0.25, 0.3) is 22.2 Å². The van der Waals surface area contributed by atoms with Crippen LogP contribution in [0.3, 0.4) is 0 Å². The molecule has 37 heavy (non-hydrogen) atoms. The fourth-order valence-electron chi connectivity index (χ4n) is 4.82. The van der Waals surface area contributed by atoms with Crippen LogP contribution in [0, 0.1) is 0 Å². The number of nitrogens with one attached hydrogen (secondary N) is 1. The molecule has 1 fully saturated rings. The number of hydrogen-bond acceptors (Lipinski definition) is 7. The molecule has 2 aromatic carbocycles. The van der Waals surface area contributed by atoms with Crippen molar-refractivity contribution >= 4 is 40.0 Å². The molecule has 0 radical (unpaired) electrons. The first-order chi connectivity index (χ1) is 18.0. The minimum absolute atomic E-state index is 0.241. The molecule has 10 heteroatoms. The van der Waals surface area contributed by atoms with Gasteiger partial charge in [0.15, 0.2) is 5.65 Å². The van der Waals surface area contributed by atoms with E-state index in [1.807, 2.05) is 47.4 Å². The highest BCUT2D eigenvalue weighted by atomic mass is 35.5. The smallest absolute Gasteiger partial charge is 0.230 e. The number of anilines is 2. The fraction of sp³-hybridized carbons (Fsp3) is 0.333. The lowest BCUT2D eigenvalue weighted by Crippen LogP contribution is -2.40. The predicted molar refractivity (Wildman–Crippen MR) is 148 cm³/mol. The first kappa shape index (κ1) is 23.7. The van der Waals surface area contributed by atoms with Crippen molar-refractivity contribution in [3.05, 3.63) is 71.0 Å². The molecule has 0 unspecified atom stereocenters. The Balaban J connectivity index is 1.35. The normalized spacial score (nSPS) is 14.8. The summed E-state index contributed by atoms with van der Waals surface area (Å²) in [5.74, 6) is 1.67. The molecule has 0 saturated carbocycles. The van der Waals surface area contributed by atoms with Crippen molar-refractivity contribution in [1.82, 2.24) is 29.4 Å². The van der Waals surface area contributed by atoms with E-state index in [4.69, 9.17) is 32.4 Å². The van der Waals surface area contributed by atoms with E-state index in [0.717, 1.165) is 59.3 Å². The van der Waals surface area contributed by atoms with Crippen LogP contribution in [0.5, 0.6) is 0 Å². The molecule has 4 heterocycles. The van der Waals surface area contributed by atoms with Gasteiger partial charge in [-0.1, -0.05) is 43.6 Å². The SMILES string of the molecule is CC(C)c1cnn2c(NCc3ccccc3-n3cc4cc(Cl)ccc4n3)nc(N3CCC(N)CC3)nc12. The van der Waals surface area contributed by atoms with Crippen molar-refractivity contribution < 1.29 is 0 Å². The van der Waals surface area contributed by atoms with E-state index in [1.165, 1.54) is 0 Å². The van der Waals surface area contributed by atoms with E-state index < -0.39 is 0 Å². The number of aromatic nitrogens is 6. The number of fused-ring (bicyclic) bond motifs is 2. The molecule has 1 aliphatic heterocycles. The Kier molecular flexibility index (Phi) is 6.18. The maximum absolute atomic E-state index is 6.19. The van der Waals surface area contributed by atoms with E-state index in [1.54, 1.807) is 4.52 Å². The molecule has 1 aliphatic rings. The van der Waals surface area contributed by atoms with E-state index in [0.29, 0.717) is 29.4 Å². The molecule has 9 nitrogen and oxygen atoms in total. The van der Waals surface area contributed by atoms with Crippen LogP contribution in [0.1, 0.15) is 43.7 Å². The molecule has 5 aromatic rings. The molecular formula is C27H30ClN9. The number of piperidine rings is 1. The average Bonchev–Trinajstić information content (AvgIpc) is 3.52. The van der Waals surface area contributed by atoms with Gasteiger partial charge in [-0.2, -0.15) is 24.7 Å². The van der Waals surface area contributed by atoms with Crippen LogP contribution >= 0.6 is 11.6 Å². The highest BCUT2D eigenvalue weighted by molar-refractivity contribution is 6.31. The summed E-state index contributed by atoms with van der Waals surface area (Å²) in [6, 6.07) is 14.2. The summed E-state index contributed by atoms with van der Waals surface area (Å²) < 4.78 is 3.71. The molecule has 0 bridgehead atoms. The summed E-state index contributed by atoms with van der Waals surface area (Å²) in [7, 11) is 0. The second kappa shape index (κ2) is 9.64. The zero-order valence-corrected chi connectivity index (χ0v) is 21.7. The topological polar surface area (TPSA) is 102 Å². The van der Waals surface area contributed by atoms with Gasteiger partial charge in [0.05, 0.1) is 17.4 Å². The summed E-state index contributed by atoms with van der Waals surface area (Å²) in [6.07, 6.45) is 5.77. The molecule has 0 aliphatic carbocycles. The third-order valence-electron chi connectivity index (χ3n) is 6.97. The maximum atomic E-state index is 6.19. The Hall–Kier alpha value is -3.69. The van der Waals surface area contributed by atoms with Gasteiger partial charge in [0.2, 0.25) is 11.9 Å². The van der Waals surface area contributed by atoms with Gasteiger partial charge in [0.25, 0.3) is 0 Å². The van der Waals surface area contributed by atoms with Gasteiger partial charge in [-0.3, -0.25) is 0 Å². The Morgan fingerprint density at radius 2 is 1.92 bits per heavy atom. The van der Waals surface area contributed by atoms with E-state index >= 15 is 0 Å². The molecule has 3 N–H and O–H groups in total. The molecule has 0 atom stereocenters. The Bertz CT molecular complexity index is 1560. The van der Waals surface area contributed by atoms with E-state index in [-0.39, 0.29) is 6.04 Å². The van der Waals surface area contributed by atoms with Gasteiger partial charge < -0.3 is 16.0 Å². The first-order valence-corrected chi connectivity index (χ1v) is 13.1. The quantitative estimate of drug-likeness (QED) is 0.335. The summed E-state index contributed by atoms with van der Waals surface area (Å²) in [4.78, 5) is 12.1. The van der Waals surface area contributed by atoms with Crippen molar-refractivity contribution in [3.63, 3.8) is 0 Å². The number of halogens is 1. The summed E-state index contributed by atoms with van der Waals surface area (Å²) >= 11 is 6.19. The number of para-hydroxylation sites is 1. The third kappa shape index (κ3) is 4.60. The Morgan fingerprint density at radius 1 is 1.11 bits per heavy atom. The van der Waals surface area contributed by atoms with Crippen LogP contribution in [0.2, 0.25) is 5.02 Å². The summed E-state index contributed by atoms with van der Waals surface area (Å²) in [5, 5.41) is 14.6. The van der Waals surface area contributed by atoms with Gasteiger partial charge in [0, 0.05) is 47.8 Å². The van der Waals surface area contributed by atoms with Crippen molar-refractivity contribution in [2.45, 2.75) is 45.2 Å². The molecule has 6 rings (SSSR count). The first-order valence-electron chi connectivity index (χ1n) is 12.7. The van der Waals surface area contributed by atoms with Crippen molar-refractivity contribution in [1.29, 1.82) is 0 Å². The number of rotatable bonds is 6. The van der Waals surface area contributed by atoms with Crippen LogP contribution in [0.15, 0.2) is 54.9 Å². The van der Waals surface area contributed by atoms with Gasteiger partial charge in [-0.25, -0.2) is 4.68 Å². The molecule has 0 amide bonds. The van der Waals surface area contributed by atoms with Crippen LogP contribution in [0.4, 0.5) is 11.9 Å². The van der Waals surface area contributed by atoms with Gasteiger partial charge in [0.1, 0.15) is 0 Å². The number of nitrogens with two attached hydrogens (primary N) is 1. The van der Waals surface area contributed by atoms with Crippen LogP contribution in [-0.4, -0.2) is 48.5 Å². The van der Waals surface area contributed by atoms with Crippen molar-refractivity contribution in [3.8, 4) is 5.69 Å². The standard InChI is InChI=1S/C27H30ClN9/c1-17(2)22-15-31-37-25(22)32-27(35-11-9-21(29)10-12-35)33-26(37)30-14-18-5-3-4-6-24(18)36-16-19-13-20(28)7-8-23(19)34-36/h3-8,13,15-17,21H,9-12,14,29H2,1-2H3,(H,30,32,33). The highest BCUT2D eigenvalue weighted by Gasteiger charge is 2.22. The molecule has 3 aromatic heterocycles. The maximum Gasteiger partial charge on any atom is 0.230 e. The van der Waals surface area contributed by atoms with Crippen molar-refractivity contribution in [2.75, 3.05) is 23.3 Å². The van der Waals surface area contributed by atoms with E-state index in [2.05, 4.69) is 41.3 Å². The van der Waals surface area contributed by atoms with Gasteiger partial charge in [-0.05, 0) is 48.6 Å². The fourth-order valence-corrected chi connectivity index (χ4v) is 5.00. The molecule has 1 saturated heterocycles. The lowest BCUT2D eigenvalue weighted by Gasteiger charge is -2.30. The Labute approximate surface area is 220 Å². The van der Waals surface area contributed by atoms with Crippen LogP contribution < -0.4 is 16.0 Å². The minimum atomic E-state index is 0.241.